The van der Waals surface area contributed by atoms with Crippen molar-refractivity contribution in [1.82, 2.24) is 4.90 Å². The molecule has 1 saturated heterocycles. The Morgan fingerprint density at radius 2 is 1.90 bits per heavy atom. The van der Waals surface area contributed by atoms with Crippen molar-refractivity contribution >= 4 is 5.97 Å². The average Bonchev–Trinajstić information content (AvgIpc) is 2.80. The SMILES string of the molecule is CC(C)Oc1ccc(C(C)N2CCC(C)C2C(=O)O)cc1. The molecule has 1 heterocycles. The number of carboxylic acid groups (broad SMARTS) is 1. The van der Waals surface area contributed by atoms with E-state index in [0.717, 1.165) is 24.3 Å². The second-order valence-electron chi connectivity index (χ2n) is 6.20. The maximum atomic E-state index is 11.5. The summed E-state index contributed by atoms with van der Waals surface area (Å²) in [4.78, 5) is 13.6. The van der Waals surface area contributed by atoms with E-state index in [1.165, 1.54) is 0 Å². The molecule has 1 aromatic carbocycles. The summed E-state index contributed by atoms with van der Waals surface area (Å²) in [5, 5.41) is 9.43. The largest absolute Gasteiger partial charge is 0.491 e. The maximum absolute atomic E-state index is 11.5. The number of ether oxygens (including phenoxy) is 1. The molecular formula is C17H25NO3. The molecule has 1 aliphatic heterocycles. The first-order valence-corrected chi connectivity index (χ1v) is 7.65. The first-order valence-electron chi connectivity index (χ1n) is 7.65. The van der Waals surface area contributed by atoms with E-state index in [1.54, 1.807) is 0 Å². The van der Waals surface area contributed by atoms with Gasteiger partial charge in [-0.3, -0.25) is 9.69 Å². The van der Waals surface area contributed by atoms with Gasteiger partial charge in [0.2, 0.25) is 0 Å². The van der Waals surface area contributed by atoms with E-state index in [2.05, 4.69) is 11.8 Å². The number of hydrogen-bond acceptors (Lipinski definition) is 3. The van der Waals surface area contributed by atoms with Crippen molar-refractivity contribution in [2.75, 3.05) is 6.54 Å². The van der Waals surface area contributed by atoms with Gasteiger partial charge in [0.05, 0.1) is 6.10 Å². The van der Waals surface area contributed by atoms with Crippen LogP contribution in [0.3, 0.4) is 0 Å². The van der Waals surface area contributed by atoms with Gasteiger partial charge in [0, 0.05) is 6.04 Å². The molecule has 3 atom stereocenters. The van der Waals surface area contributed by atoms with Crippen LogP contribution in [0.2, 0.25) is 0 Å². The maximum Gasteiger partial charge on any atom is 0.321 e. The predicted molar refractivity (Wildman–Crippen MR) is 82.5 cm³/mol. The Labute approximate surface area is 126 Å². The van der Waals surface area contributed by atoms with Crippen molar-refractivity contribution in [3.8, 4) is 5.75 Å². The van der Waals surface area contributed by atoms with E-state index < -0.39 is 5.97 Å². The van der Waals surface area contributed by atoms with Gasteiger partial charge in [-0.15, -0.1) is 0 Å². The fraction of sp³-hybridized carbons (Fsp3) is 0.588. The molecule has 0 aliphatic carbocycles. The molecule has 0 bridgehead atoms. The second-order valence-corrected chi connectivity index (χ2v) is 6.20. The molecule has 0 saturated carbocycles. The van der Waals surface area contributed by atoms with Gasteiger partial charge in [0.15, 0.2) is 0 Å². The highest BCUT2D eigenvalue weighted by atomic mass is 16.5. The summed E-state index contributed by atoms with van der Waals surface area (Å²) in [5.74, 6) is 0.339. The van der Waals surface area contributed by atoms with Crippen LogP contribution in [0.25, 0.3) is 0 Å². The molecule has 1 aromatic rings. The zero-order valence-corrected chi connectivity index (χ0v) is 13.2. The summed E-state index contributed by atoms with van der Waals surface area (Å²) in [5.41, 5.74) is 1.13. The average molecular weight is 291 g/mol. The van der Waals surface area contributed by atoms with E-state index in [9.17, 15) is 9.90 Å². The number of rotatable bonds is 5. The molecule has 1 aliphatic rings. The number of likely N-dealkylation sites (tertiary alicyclic amines) is 1. The van der Waals surface area contributed by atoms with Crippen LogP contribution in [0.15, 0.2) is 24.3 Å². The van der Waals surface area contributed by atoms with Crippen LogP contribution in [-0.4, -0.2) is 34.7 Å². The summed E-state index contributed by atoms with van der Waals surface area (Å²) < 4.78 is 5.64. The van der Waals surface area contributed by atoms with E-state index in [1.807, 2.05) is 45.0 Å². The van der Waals surface area contributed by atoms with Crippen LogP contribution in [0, 0.1) is 5.92 Å². The van der Waals surface area contributed by atoms with Crippen molar-refractivity contribution in [3.63, 3.8) is 0 Å². The standard InChI is InChI=1S/C17H25NO3/c1-11(2)21-15-7-5-14(6-8-15)13(4)18-10-9-12(3)16(18)17(19)20/h5-8,11-13,16H,9-10H2,1-4H3,(H,19,20). The number of hydrogen-bond donors (Lipinski definition) is 1. The minimum Gasteiger partial charge on any atom is -0.491 e. The molecule has 4 nitrogen and oxygen atoms in total. The van der Waals surface area contributed by atoms with Crippen molar-refractivity contribution < 1.29 is 14.6 Å². The van der Waals surface area contributed by atoms with E-state index in [-0.39, 0.29) is 24.1 Å². The molecule has 3 unspecified atom stereocenters. The van der Waals surface area contributed by atoms with Crippen LogP contribution in [0.4, 0.5) is 0 Å². The van der Waals surface area contributed by atoms with E-state index in [0.29, 0.717) is 0 Å². The summed E-state index contributed by atoms with van der Waals surface area (Å²) in [6.45, 7) is 8.93. The molecule has 0 radical (unpaired) electrons. The molecular weight excluding hydrogens is 266 g/mol. The van der Waals surface area contributed by atoms with Crippen molar-refractivity contribution in [2.45, 2.75) is 52.3 Å². The Bertz CT molecular complexity index is 483. The third-order valence-electron chi connectivity index (χ3n) is 4.22. The van der Waals surface area contributed by atoms with Crippen LogP contribution in [-0.2, 0) is 4.79 Å². The highest BCUT2D eigenvalue weighted by Gasteiger charge is 2.39. The molecule has 21 heavy (non-hydrogen) atoms. The van der Waals surface area contributed by atoms with Crippen molar-refractivity contribution in [2.24, 2.45) is 5.92 Å². The van der Waals surface area contributed by atoms with Gasteiger partial charge >= 0.3 is 5.97 Å². The zero-order chi connectivity index (χ0) is 15.6. The summed E-state index contributed by atoms with van der Waals surface area (Å²) in [6, 6.07) is 7.70. The summed E-state index contributed by atoms with van der Waals surface area (Å²) in [6.07, 6.45) is 1.10. The molecule has 0 aromatic heterocycles. The predicted octanol–water partition coefficient (Wildman–Crippen LogP) is 3.33. The number of benzene rings is 1. The minimum atomic E-state index is -0.716. The van der Waals surface area contributed by atoms with Crippen LogP contribution in [0.5, 0.6) is 5.75 Å². The number of nitrogens with zero attached hydrogens (tertiary/aromatic N) is 1. The quantitative estimate of drug-likeness (QED) is 0.904. The van der Waals surface area contributed by atoms with Crippen molar-refractivity contribution in [3.05, 3.63) is 29.8 Å². The monoisotopic (exact) mass is 291 g/mol. The highest BCUT2D eigenvalue weighted by molar-refractivity contribution is 5.74. The first kappa shape index (κ1) is 15.8. The molecule has 4 heteroatoms. The smallest absolute Gasteiger partial charge is 0.321 e. The number of carbonyl (C=O) groups is 1. The lowest BCUT2D eigenvalue weighted by molar-refractivity contribution is -0.144. The second kappa shape index (κ2) is 6.48. The van der Waals surface area contributed by atoms with Gasteiger partial charge < -0.3 is 9.84 Å². The van der Waals surface area contributed by atoms with Gasteiger partial charge in [-0.2, -0.15) is 0 Å². The Morgan fingerprint density at radius 3 is 2.43 bits per heavy atom. The summed E-state index contributed by atoms with van der Waals surface area (Å²) in [7, 11) is 0. The summed E-state index contributed by atoms with van der Waals surface area (Å²) >= 11 is 0. The molecule has 1 fully saturated rings. The van der Waals surface area contributed by atoms with Gasteiger partial charge in [-0.1, -0.05) is 19.1 Å². The molecule has 1 N–H and O–H groups in total. The number of aliphatic carboxylic acids is 1. The Kier molecular flexibility index (Phi) is 4.88. The Morgan fingerprint density at radius 1 is 1.29 bits per heavy atom. The molecule has 116 valence electrons. The lowest BCUT2D eigenvalue weighted by atomic mass is 10.0. The van der Waals surface area contributed by atoms with Gasteiger partial charge in [-0.25, -0.2) is 0 Å². The Balaban J connectivity index is 2.12. The van der Waals surface area contributed by atoms with Crippen LogP contribution in [0.1, 0.15) is 45.7 Å². The fourth-order valence-corrected chi connectivity index (χ4v) is 3.08. The lowest BCUT2D eigenvalue weighted by Crippen LogP contribution is -2.40. The van der Waals surface area contributed by atoms with Crippen LogP contribution < -0.4 is 4.74 Å². The van der Waals surface area contributed by atoms with Gasteiger partial charge in [0.25, 0.3) is 0 Å². The third kappa shape index (κ3) is 3.56. The molecule has 2 rings (SSSR count). The molecule has 0 amide bonds. The zero-order valence-electron chi connectivity index (χ0n) is 13.2. The topological polar surface area (TPSA) is 49.8 Å². The van der Waals surface area contributed by atoms with Crippen molar-refractivity contribution in [1.29, 1.82) is 0 Å². The third-order valence-corrected chi connectivity index (χ3v) is 4.22. The first-order chi connectivity index (χ1) is 9.90. The fourth-order valence-electron chi connectivity index (χ4n) is 3.08. The van der Waals surface area contributed by atoms with Gasteiger partial charge in [0.1, 0.15) is 11.8 Å². The van der Waals surface area contributed by atoms with E-state index >= 15 is 0 Å². The Hall–Kier alpha value is -1.55. The van der Waals surface area contributed by atoms with E-state index in [4.69, 9.17) is 4.74 Å². The molecule has 0 spiro atoms. The highest BCUT2D eigenvalue weighted by Crippen LogP contribution is 2.33. The minimum absolute atomic E-state index is 0.101. The van der Waals surface area contributed by atoms with Crippen LogP contribution >= 0.6 is 0 Å². The number of carboxylic acids is 1. The lowest BCUT2D eigenvalue weighted by Gasteiger charge is -2.30. The van der Waals surface area contributed by atoms with Gasteiger partial charge in [-0.05, 0) is 57.4 Å². The normalized spacial score (nSPS) is 24.2.